The topological polar surface area (TPSA) is 50.4 Å². The summed E-state index contributed by atoms with van der Waals surface area (Å²) < 4.78 is 5.61. The summed E-state index contributed by atoms with van der Waals surface area (Å²) in [4.78, 5) is 12.0. The van der Waals surface area contributed by atoms with E-state index in [-0.39, 0.29) is 31.0 Å². The molecule has 2 aromatic carbocycles. The first-order valence-corrected chi connectivity index (χ1v) is 5.57. The van der Waals surface area contributed by atoms with Crippen molar-refractivity contribution in [3.8, 4) is 17.1 Å². The summed E-state index contributed by atoms with van der Waals surface area (Å²) in [5.41, 5.74) is 0.743. The van der Waals surface area contributed by atoms with Crippen molar-refractivity contribution in [2.75, 3.05) is 0 Å². The summed E-state index contributed by atoms with van der Waals surface area (Å²) in [6.07, 6.45) is 0. The molecule has 0 aliphatic heterocycles. The normalized spacial score (nSPS) is 10.1. The van der Waals surface area contributed by atoms with Crippen molar-refractivity contribution in [3.63, 3.8) is 0 Å². The average molecular weight is 304 g/mol. The molecule has 0 saturated heterocycles. The Kier molecular flexibility index (Phi) is 3.82. The van der Waals surface area contributed by atoms with Crippen molar-refractivity contribution >= 4 is 11.0 Å². The molecule has 1 aromatic heterocycles. The Hall–Kier alpha value is -1.93. The number of rotatable bonds is 1. The number of hydrogen-bond acceptors (Lipinski definition) is 3. The van der Waals surface area contributed by atoms with Gasteiger partial charge in [0.25, 0.3) is 0 Å². The van der Waals surface area contributed by atoms with E-state index in [9.17, 15) is 9.90 Å². The summed E-state index contributed by atoms with van der Waals surface area (Å²) in [5, 5.41) is 10.3. The van der Waals surface area contributed by atoms with Crippen LogP contribution >= 0.6 is 0 Å². The van der Waals surface area contributed by atoms with Crippen LogP contribution in [0.1, 0.15) is 0 Å². The average Bonchev–Trinajstić information content (AvgIpc) is 2.44. The van der Waals surface area contributed by atoms with Gasteiger partial charge in [0.15, 0.2) is 5.76 Å². The molecule has 0 bridgehead atoms. The minimum Gasteiger partial charge on any atom is -0.502 e. The number of fused-ring (bicyclic) bond motifs is 1. The Morgan fingerprint density at radius 3 is 2.26 bits per heavy atom. The zero-order chi connectivity index (χ0) is 12.5. The van der Waals surface area contributed by atoms with Gasteiger partial charge in [0.2, 0.25) is 11.2 Å². The van der Waals surface area contributed by atoms with Crippen molar-refractivity contribution in [2.24, 2.45) is 0 Å². The Morgan fingerprint density at radius 1 is 0.895 bits per heavy atom. The molecule has 0 fully saturated rings. The van der Waals surface area contributed by atoms with Gasteiger partial charge < -0.3 is 9.52 Å². The fraction of sp³-hybridized carbons (Fsp3) is 0. The molecule has 0 aliphatic carbocycles. The van der Waals surface area contributed by atoms with E-state index in [1.807, 2.05) is 18.2 Å². The predicted molar refractivity (Wildman–Crippen MR) is 69.6 cm³/mol. The zero-order valence-corrected chi connectivity index (χ0v) is 13.1. The van der Waals surface area contributed by atoms with E-state index in [1.165, 1.54) is 0 Å². The molecule has 0 aliphatic rings. The Balaban J connectivity index is 0.00000133. The van der Waals surface area contributed by atoms with Crippen LogP contribution in [0, 0.1) is 0 Å². The van der Waals surface area contributed by atoms with Crippen molar-refractivity contribution in [1.82, 2.24) is 0 Å². The van der Waals surface area contributed by atoms with Gasteiger partial charge in [-0.2, -0.15) is 0 Å². The third-order valence-electron chi connectivity index (χ3n) is 2.81. The van der Waals surface area contributed by atoms with Crippen LogP contribution in [0.3, 0.4) is 0 Å². The van der Waals surface area contributed by atoms with Crippen LogP contribution in [0.2, 0.25) is 0 Å². The molecule has 88 valence electrons. The maximum absolute atomic E-state index is 12.0. The van der Waals surface area contributed by atoms with Gasteiger partial charge in [0.05, 0.1) is 5.39 Å². The van der Waals surface area contributed by atoms with Gasteiger partial charge in [-0.15, -0.1) is 0 Å². The van der Waals surface area contributed by atoms with Crippen LogP contribution in [-0.4, -0.2) is 5.11 Å². The van der Waals surface area contributed by atoms with Gasteiger partial charge in [-0.25, -0.2) is 0 Å². The zero-order valence-electron chi connectivity index (χ0n) is 10.2. The van der Waals surface area contributed by atoms with E-state index in [0.29, 0.717) is 16.5 Å². The summed E-state index contributed by atoms with van der Waals surface area (Å²) in [6.45, 7) is 0. The van der Waals surface area contributed by atoms with Gasteiger partial charge in [-0.1, -0.05) is 42.5 Å². The van der Waals surface area contributed by atoms with Gasteiger partial charge in [0.1, 0.15) is 5.58 Å². The first-order valence-electron chi connectivity index (χ1n) is 5.57. The molecule has 0 radical (unpaired) electrons. The predicted octanol–water partition coefficient (Wildman–Crippen LogP) is 3.16. The van der Waals surface area contributed by atoms with Crippen LogP contribution in [0.5, 0.6) is 5.75 Å². The minimum atomic E-state index is -0.407. The fourth-order valence-electron chi connectivity index (χ4n) is 1.92. The third kappa shape index (κ3) is 2.32. The molecule has 19 heavy (non-hydrogen) atoms. The summed E-state index contributed by atoms with van der Waals surface area (Å²) in [6, 6.07) is 15.9. The van der Waals surface area contributed by atoms with Crippen LogP contribution in [0.25, 0.3) is 22.3 Å². The molecule has 1 N–H and O–H groups in total. The molecule has 3 nitrogen and oxygen atoms in total. The minimum absolute atomic E-state index is 0. The SMILES string of the molecule is O=c1c(O)c(-c2ccccc2)oc2ccccc12.[Zn+2]. The van der Waals surface area contributed by atoms with E-state index >= 15 is 0 Å². The Labute approximate surface area is 122 Å². The van der Waals surface area contributed by atoms with E-state index in [1.54, 1.807) is 36.4 Å². The van der Waals surface area contributed by atoms with Gasteiger partial charge in [-0.3, -0.25) is 4.79 Å². The summed E-state index contributed by atoms with van der Waals surface area (Å²) in [7, 11) is 0. The molecule has 4 heteroatoms. The molecule has 1 heterocycles. The summed E-state index contributed by atoms with van der Waals surface area (Å²) >= 11 is 0. The standard InChI is InChI=1S/C15H10O3.Zn/c16-13-11-8-4-5-9-12(11)18-15(14(13)17)10-6-2-1-3-7-10;/h1-9,17H;/q;+2. The summed E-state index contributed by atoms with van der Waals surface area (Å²) in [5.74, 6) is -0.140. The largest absolute Gasteiger partial charge is 2.00 e. The molecular weight excluding hydrogens is 294 g/mol. The number of aromatic hydroxyl groups is 1. The molecule has 0 atom stereocenters. The van der Waals surface area contributed by atoms with E-state index in [2.05, 4.69) is 0 Å². The number of para-hydroxylation sites is 1. The maximum Gasteiger partial charge on any atom is 2.00 e. The second-order valence-electron chi connectivity index (χ2n) is 3.97. The van der Waals surface area contributed by atoms with Crippen molar-refractivity contribution in [2.45, 2.75) is 0 Å². The van der Waals surface area contributed by atoms with Crippen LogP contribution in [-0.2, 0) is 19.5 Å². The van der Waals surface area contributed by atoms with Gasteiger partial charge >= 0.3 is 19.5 Å². The van der Waals surface area contributed by atoms with E-state index in [4.69, 9.17) is 4.42 Å². The molecule has 0 amide bonds. The quantitative estimate of drug-likeness (QED) is 0.703. The van der Waals surface area contributed by atoms with E-state index in [0.717, 1.165) is 0 Å². The van der Waals surface area contributed by atoms with Crippen LogP contribution in [0.15, 0.2) is 63.8 Å². The first kappa shape index (κ1) is 13.5. The Bertz CT molecular complexity index is 763. The van der Waals surface area contributed by atoms with Crippen LogP contribution < -0.4 is 5.43 Å². The molecule has 3 aromatic rings. The maximum atomic E-state index is 12.0. The third-order valence-corrected chi connectivity index (χ3v) is 2.81. The second kappa shape index (κ2) is 5.37. The molecule has 0 unspecified atom stereocenters. The second-order valence-corrected chi connectivity index (χ2v) is 3.97. The Morgan fingerprint density at radius 2 is 1.53 bits per heavy atom. The van der Waals surface area contributed by atoms with Crippen LogP contribution in [0.4, 0.5) is 0 Å². The number of benzene rings is 2. The smallest absolute Gasteiger partial charge is 0.502 e. The first-order chi connectivity index (χ1) is 8.77. The van der Waals surface area contributed by atoms with Crippen molar-refractivity contribution in [3.05, 3.63) is 64.8 Å². The monoisotopic (exact) mass is 302 g/mol. The molecule has 0 saturated carbocycles. The van der Waals surface area contributed by atoms with E-state index < -0.39 is 5.43 Å². The molecule has 0 spiro atoms. The van der Waals surface area contributed by atoms with Gasteiger partial charge in [0, 0.05) is 5.56 Å². The molecule has 3 rings (SSSR count). The number of hydrogen-bond donors (Lipinski definition) is 1. The van der Waals surface area contributed by atoms with Crippen molar-refractivity contribution < 1.29 is 29.0 Å². The fourth-order valence-corrected chi connectivity index (χ4v) is 1.92. The van der Waals surface area contributed by atoms with Gasteiger partial charge in [-0.05, 0) is 12.1 Å². The van der Waals surface area contributed by atoms with Crippen molar-refractivity contribution in [1.29, 1.82) is 0 Å². The molecular formula is C15H10O3Zn+2.